The van der Waals surface area contributed by atoms with Gasteiger partial charge in [-0.25, -0.2) is 0 Å². The standard InChI is InChI=1S/C15H25N3O/c16-15(10-4-1-5-11-15)14-17-13(19-18-14)9-8-12-6-2-3-7-12/h12H,1-11,16H2. The summed E-state index contributed by atoms with van der Waals surface area (Å²) in [5.74, 6) is 2.41. The van der Waals surface area contributed by atoms with Crippen molar-refractivity contribution in [3.8, 4) is 0 Å². The van der Waals surface area contributed by atoms with Crippen LogP contribution in [0.4, 0.5) is 0 Å². The van der Waals surface area contributed by atoms with Crippen molar-refractivity contribution in [1.29, 1.82) is 0 Å². The van der Waals surface area contributed by atoms with Crippen LogP contribution in [0.5, 0.6) is 0 Å². The normalized spacial score (nSPS) is 23.8. The lowest BCUT2D eigenvalue weighted by Gasteiger charge is -2.29. The van der Waals surface area contributed by atoms with Crippen molar-refractivity contribution >= 4 is 0 Å². The van der Waals surface area contributed by atoms with Crippen LogP contribution in [0.1, 0.15) is 75.9 Å². The SMILES string of the molecule is NC1(c2noc(CCC3CCCC3)n2)CCCCC1. The van der Waals surface area contributed by atoms with E-state index in [0.717, 1.165) is 36.9 Å². The molecule has 0 atom stereocenters. The van der Waals surface area contributed by atoms with Crippen LogP contribution in [0.15, 0.2) is 4.52 Å². The van der Waals surface area contributed by atoms with Gasteiger partial charge in [-0.05, 0) is 25.2 Å². The minimum Gasteiger partial charge on any atom is -0.339 e. The van der Waals surface area contributed by atoms with Crippen LogP contribution >= 0.6 is 0 Å². The summed E-state index contributed by atoms with van der Waals surface area (Å²) < 4.78 is 5.40. The maximum absolute atomic E-state index is 6.43. The van der Waals surface area contributed by atoms with E-state index in [9.17, 15) is 0 Å². The molecule has 0 radical (unpaired) electrons. The van der Waals surface area contributed by atoms with E-state index in [-0.39, 0.29) is 5.54 Å². The summed E-state index contributed by atoms with van der Waals surface area (Å²) in [5.41, 5.74) is 6.10. The van der Waals surface area contributed by atoms with Gasteiger partial charge in [0.1, 0.15) is 0 Å². The van der Waals surface area contributed by atoms with Crippen molar-refractivity contribution in [3.63, 3.8) is 0 Å². The van der Waals surface area contributed by atoms with E-state index in [1.165, 1.54) is 51.4 Å². The monoisotopic (exact) mass is 263 g/mol. The fourth-order valence-corrected chi connectivity index (χ4v) is 3.59. The van der Waals surface area contributed by atoms with Gasteiger partial charge >= 0.3 is 0 Å². The summed E-state index contributed by atoms with van der Waals surface area (Å²) >= 11 is 0. The van der Waals surface area contributed by atoms with E-state index in [4.69, 9.17) is 10.3 Å². The first-order chi connectivity index (χ1) is 9.26. The Balaban J connectivity index is 1.59. The minimum absolute atomic E-state index is 0.326. The molecule has 1 aromatic rings. The predicted octanol–water partition coefficient (Wildman–Crippen LogP) is 3.31. The highest BCUT2D eigenvalue weighted by Gasteiger charge is 2.34. The Morgan fingerprint density at radius 3 is 2.58 bits per heavy atom. The third-order valence-electron chi connectivity index (χ3n) is 4.90. The zero-order valence-electron chi connectivity index (χ0n) is 11.7. The van der Waals surface area contributed by atoms with Crippen molar-refractivity contribution in [1.82, 2.24) is 10.1 Å². The zero-order valence-corrected chi connectivity index (χ0v) is 11.7. The molecule has 2 aliphatic rings. The molecule has 2 saturated carbocycles. The van der Waals surface area contributed by atoms with Crippen LogP contribution in [0.3, 0.4) is 0 Å². The van der Waals surface area contributed by atoms with E-state index in [1.54, 1.807) is 0 Å². The number of hydrogen-bond acceptors (Lipinski definition) is 4. The van der Waals surface area contributed by atoms with Gasteiger partial charge in [0.25, 0.3) is 0 Å². The van der Waals surface area contributed by atoms with E-state index in [1.807, 2.05) is 0 Å². The number of aromatic nitrogens is 2. The molecular formula is C15H25N3O. The number of hydrogen-bond donors (Lipinski definition) is 1. The third-order valence-corrected chi connectivity index (χ3v) is 4.90. The molecule has 0 amide bonds. The molecule has 2 aliphatic carbocycles. The van der Waals surface area contributed by atoms with Gasteiger partial charge in [-0.15, -0.1) is 0 Å². The van der Waals surface area contributed by atoms with Gasteiger partial charge in [0.05, 0.1) is 5.54 Å². The molecule has 3 rings (SSSR count). The van der Waals surface area contributed by atoms with Crippen LogP contribution in [0.25, 0.3) is 0 Å². The van der Waals surface area contributed by atoms with Gasteiger partial charge in [-0.2, -0.15) is 4.98 Å². The molecule has 4 heteroatoms. The third kappa shape index (κ3) is 2.99. The second-order valence-corrected chi connectivity index (χ2v) is 6.42. The molecule has 106 valence electrons. The molecular weight excluding hydrogens is 238 g/mol. The lowest BCUT2D eigenvalue weighted by atomic mass is 9.82. The highest BCUT2D eigenvalue weighted by atomic mass is 16.5. The number of nitrogens with zero attached hydrogens (tertiary/aromatic N) is 2. The fourth-order valence-electron chi connectivity index (χ4n) is 3.59. The molecule has 0 bridgehead atoms. The van der Waals surface area contributed by atoms with Gasteiger partial charge in [0.15, 0.2) is 5.82 Å². The number of nitrogens with two attached hydrogens (primary N) is 1. The van der Waals surface area contributed by atoms with Crippen molar-refractivity contribution in [2.24, 2.45) is 11.7 Å². The Labute approximate surface area is 115 Å². The summed E-state index contributed by atoms with van der Waals surface area (Å²) in [6.45, 7) is 0. The van der Waals surface area contributed by atoms with Gasteiger partial charge < -0.3 is 10.3 Å². The first kappa shape index (κ1) is 13.1. The molecule has 19 heavy (non-hydrogen) atoms. The Kier molecular flexibility index (Phi) is 3.87. The minimum atomic E-state index is -0.326. The molecule has 0 saturated heterocycles. The second kappa shape index (κ2) is 5.61. The summed E-state index contributed by atoms with van der Waals surface area (Å²) in [4.78, 5) is 4.56. The Morgan fingerprint density at radius 1 is 1.11 bits per heavy atom. The highest BCUT2D eigenvalue weighted by molar-refractivity contribution is 5.05. The van der Waals surface area contributed by atoms with Crippen molar-refractivity contribution in [2.45, 2.75) is 76.2 Å². The lowest BCUT2D eigenvalue weighted by molar-refractivity contribution is 0.272. The molecule has 1 aromatic heterocycles. The first-order valence-corrected chi connectivity index (χ1v) is 7.88. The summed E-state index contributed by atoms with van der Waals surface area (Å²) in [6.07, 6.45) is 13.3. The Morgan fingerprint density at radius 2 is 1.84 bits per heavy atom. The average Bonchev–Trinajstić information content (AvgIpc) is 3.09. The smallest absolute Gasteiger partial charge is 0.226 e. The largest absolute Gasteiger partial charge is 0.339 e. The number of rotatable bonds is 4. The fraction of sp³-hybridized carbons (Fsp3) is 0.867. The van der Waals surface area contributed by atoms with Crippen molar-refractivity contribution in [2.75, 3.05) is 0 Å². The summed E-state index contributed by atoms with van der Waals surface area (Å²) in [7, 11) is 0. The molecule has 2 N–H and O–H groups in total. The average molecular weight is 263 g/mol. The maximum atomic E-state index is 6.43. The topological polar surface area (TPSA) is 64.9 Å². The molecule has 0 unspecified atom stereocenters. The Bertz CT molecular complexity index is 403. The Hall–Kier alpha value is -0.900. The van der Waals surface area contributed by atoms with E-state index in [0.29, 0.717) is 0 Å². The number of aryl methyl sites for hydroxylation is 1. The van der Waals surface area contributed by atoms with Crippen molar-refractivity contribution in [3.05, 3.63) is 11.7 Å². The quantitative estimate of drug-likeness (QED) is 0.905. The van der Waals surface area contributed by atoms with Gasteiger partial charge in [0.2, 0.25) is 5.89 Å². The lowest BCUT2D eigenvalue weighted by Crippen LogP contribution is -2.39. The highest BCUT2D eigenvalue weighted by Crippen LogP contribution is 2.33. The molecule has 0 aliphatic heterocycles. The maximum Gasteiger partial charge on any atom is 0.226 e. The molecule has 2 fully saturated rings. The molecule has 0 spiro atoms. The van der Waals surface area contributed by atoms with Crippen LogP contribution in [-0.4, -0.2) is 10.1 Å². The predicted molar refractivity (Wildman–Crippen MR) is 73.5 cm³/mol. The molecule has 0 aromatic carbocycles. The van der Waals surface area contributed by atoms with Crippen LogP contribution in [0, 0.1) is 5.92 Å². The van der Waals surface area contributed by atoms with Crippen LogP contribution < -0.4 is 5.73 Å². The summed E-state index contributed by atoms with van der Waals surface area (Å²) in [6, 6.07) is 0. The molecule has 4 nitrogen and oxygen atoms in total. The van der Waals surface area contributed by atoms with Gasteiger partial charge in [-0.1, -0.05) is 50.1 Å². The second-order valence-electron chi connectivity index (χ2n) is 6.42. The summed E-state index contributed by atoms with van der Waals surface area (Å²) in [5, 5.41) is 4.15. The van der Waals surface area contributed by atoms with E-state index >= 15 is 0 Å². The van der Waals surface area contributed by atoms with Crippen molar-refractivity contribution < 1.29 is 4.52 Å². The first-order valence-electron chi connectivity index (χ1n) is 7.88. The van der Waals surface area contributed by atoms with Gasteiger partial charge in [-0.3, -0.25) is 0 Å². The van der Waals surface area contributed by atoms with Crippen LogP contribution in [0.2, 0.25) is 0 Å². The van der Waals surface area contributed by atoms with Crippen LogP contribution in [-0.2, 0) is 12.0 Å². The zero-order chi connectivity index (χ0) is 13.1. The van der Waals surface area contributed by atoms with E-state index < -0.39 is 0 Å². The molecule has 1 heterocycles. The van der Waals surface area contributed by atoms with E-state index in [2.05, 4.69) is 10.1 Å². The van der Waals surface area contributed by atoms with Gasteiger partial charge in [0, 0.05) is 6.42 Å².